The van der Waals surface area contributed by atoms with Crippen LogP contribution in [0.2, 0.25) is 0 Å². The van der Waals surface area contributed by atoms with E-state index in [-0.39, 0.29) is 5.91 Å². The minimum absolute atomic E-state index is 0.234. The molecule has 1 aromatic heterocycles. The quantitative estimate of drug-likeness (QED) is 0.437. The van der Waals surface area contributed by atoms with Gasteiger partial charge in [0.25, 0.3) is 0 Å². The topological polar surface area (TPSA) is 60.5 Å². The average molecular weight is 423 g/mol. The van der Waals surface area contributed by atoms with Gasteiger partial charge in [0.15, 0.2) is 5.13 Å². The number of para-hydroxylation sites is 1. The molecule has 0 unspecified atom stereocenters. The maximum Gasteiger partial charge on any atom is 0.250 e. The fourth-order valence-corrected chi connectivity index (χ4v) is 3.41. The predicted octanol–water partition coefficient (Wildman–Crippen LogP) is 5.90. The zero-order chi connectivity index (χ0) is 21.3. The number of hydrogen-bond donors (Lipinski definition) is 1. The molecular formula is C24H26N2O3S. The number of anilines is 1. The molecule has 3 rings (SSSR count). The molecule has 0 bridgehead atoms. The van der Waals surface area contributed by atoms with Crippen molar-refractivity contribution in [3.63, 3.8) is 0 Å². The minimum atomic E-state index is -0.234. The van der Waals surface area contributed by atoms with Crippen LogP contribution in [0, 0.1) is 5.92 Å². The molecule has 0 aliphatic rings. The monoisotopic (exact) mass is 422 g/mol. The number of benzene rings is 2. The summed E-state index contributed by atoms with van der Waals surface area (Å²) < 4.78 is 11.0. The number of thiazole rings is 1. The summed E-state index contributed by atoms with van der Waals surface area (Å²) in [5.74, 6) is 1.92. The van der Waals surface area contributed by atoms with Gasteiger partial charge in [-0.2, -0.15) is 0 Å². The number of amides is 1. The SMILES string of the molecule is COc1ccc(-c2csc(NC(=O)C=Cc3ccccc3OCCC(C)C)n2)cc1. The molecule has 0 radical (unpaired) electrons. The first-order valence-electron chi connectivity index (χ1n) is 9.86. The van der Waals surface area contributed by atoms with Gasteiger partial charge >= 0.3 is 0 Å². The summed E-state index contributed by atoms with van der Waals surface area (Å²) >= 11 is 1.39. The van der Waals surface area contributed by atoms with E-state index in [0.29, 0.717) is 17.7 Å². The van der Waals surface area contributed by atoms with Crippen LogP contribution >= 0.6 is 11.3 Å². The first-order chi connectivity index (χ1) is 14.5. The van der Waals surface area contributed by atoms with Crippen molar-refractivity contribution in [3.05, 3.63) is 65.6 Å². The molecule has 1 amide bonds. The third kappa shape index (κ3) is 6.19. The molecule has 0 saturated carbocycles. The molecule has 0 saturated heterocycles. The summed E-state index contributed by atoms with van der Waals surface area (Å²) in [6, 6.07) is 15.4. The van der Waals surface area contributed by atoms with E-state index in [1.165, 1.54) is 17.4 Å². The van der Waals surface area contributed by atoms with Gasteiger partial charge in [-0.15, -0.1) is 11.3 Å². The third-order valence-electron chi connectivity index (χ3n) is 4.41. The average Bonchev–Trinajstić information content (AvgIpc) is 3.21. The molecule has 2 aromatic carbocycles. The Labute approximate surface area is 181 Å². The lowest BCUT2D eigenvalue weighted by Crippen LogP contribution is -2.07. The second-order valence-electron chi connectivity index (χ2n) is 7.16. The van der Waals surface area contributed by atoms with Gasteiger partial charge in [-0.25, -0.2) is 4.98 Å². The normalized spacial score (nSPS) is 11.1. The molecule has 1 N–H and O–H groups in total. The zero-order valence-electron chi connectivity index (χ0n) is 17.4. The molecule has 6 heteroatoms. The van der Waals surface area contributed by atoms with E-state index in [0.717, 1.165) is 34.7 Å². The van der Waals surface area contributed by atoms with Crippen LogP contribution in [0.3, 0.4) is 0 Å². The van der Waals surface area contributed by atoms with Gasteiger partial charge in [0.1, 0.15) is 11.5 Å². The van der Waals surface area contributed by atoms with Crippen molar-refractivity contribution in [1.29, 1.82) is 0 Å². The van der Waals surface area contributed by atoms with Crippen molar-refractivity contribution in [3.8, 4) is 22.8 Å². The van der Waals surface area contributed by atoms with Crippen LogP contribution < -0.4 is 14.8 Å². The van der Waals surface area contributed by atoms with Crippen LogP contribution in [-0.2, 0) is 4.79 Å². The fraction of sp³-hybridized carbons (Fsp3) is 0.250. The summed E-state index contributed by atoms with van der Waals surface area (Å²) in [6.07, 6.45) is 4.25. The van der Waals surface area contributed by atoms with E-state index in [2.05, 4.69) is 24.1 Å². The number of ether oxygens (including phenoxy) is 2. The molecule has 0 aliphatic carbocycles. The minimum Gasteiger partial charge on any atom is -0.497 e. The summed E-state index contributed by atoms with van der Waals surface area (Å²) in [4.78, 5) is 16.8. The van der Waals surface area contributed by atoms with E-state index < -0.39 is 0 Å². The Balaban J connectivity index is 1.61. The Morgan fingerprint density at radius 3 is 2.67 bits per heavy atom. The summed E-state index contributed by atoms with van der Waals surface area (Å²) in [5.41, 5.74) is 2.65. The third-order valence-corrected chi connectivity index (χ3v) is 5.16. The Hall–Kier alpha value is -3.12. The largest absolute Gasteiger partial charge is 0.497 e. The maximum absolute atomic E-state index is 12.3. The number of carbonyl (C=O) groups is 1. The molecule has 156 valence electrons. The molecule has 5 nitrogen and oxygen atoms in total. The second kappa shape index (κ2) is 10.6. The Kier molecular flexibility index (Phi) is 7.63. The van der Waals surface area contributed by atoms with Crippen molar-refractivity contribution in [2.45, 2.75) is 20.3 Å². The lowest BCUT2D eigenvalue weighted by atomic mass is 10.1. The van der Waals surface area contributed by atoms with Gasteiger partial charge in [-0.3, -0.25) is 10.1 Å². The Morgan fingerprint density at radius 1 is 1.17 bits per heavy atom. The molecule has 30 heavy (non-hydrogen) atoms. The number of rotatable bonds is 9. The van der Waals surface area contributed by atoms with Gasteiger partial charge in [0.2, 0.25) is 5.91 Å². The van der Waals surface area contributed by atoms with Crippen LogP contribution in [0.25, 0.3) is 17.3 Å². The van der Waals surface area contributed by atoms with E-state index in [4.69, 9.17) is 9.47 Å². The molecule has 0 atom stereocenters. The number of carbonyl (C=O) groups excluding carboxylic acids is 1. The highest BCUT2D eigenvalue weighted by Gasteiger charge is 2.07. The van der Waals surface area contributed by atoms with Gasteiger partial charge in [-0.05, 0) is 48.7 Å². The van der Waals surface area contributed by atoms with Crippen molar-refractivity contribution in [2.24, 2.45) is 5.92 Å². The number of methoxy groups -OCH3 is 1. The van der Waals surface area contributed by atoms with Gasteiger partial charge in [0.05, 0.1) is 19.4 Å². The van der Waals surface area contributed by atoms with Crippen LogP contribution in [-0.4, -0.2) is 24.6 Å². The van der Waals surface area contributed by atoms with Crippen LogP contribution in [0.1, 0.15) is 25.8 Å². The highest BCUT2D eigenvalue weighted by Crippen LogP contribution is 2.26. The molecular weight excluding hydrogens is 396 g/mol. The van der Waals surface area contributed by atoms with Gasteiger partial charge in [0, 0.05) is 22.6 Å². The van der Waals surface area contributed by atoms with E-state index in [9.17, 15) is 4.79 Å². The van der Waals surface area contributed by atoms with Gasteiger partial charge in [-0.1, -0.05) is 32.0 Å². The number of nitrogens with one attached hydrogen (secondary N) is 1. The van der Waals surface area contributed by atoms with Crippen molar-refractivity contribution in [2.75, 3.05) is 19.0 Å². The number of hydrogen-bond acceptors (Lipinski definition) is 5. The number of nitrogens with zero attached hydrogens (tertiary/aromatic N) is 1. The van der Waals surface area contributed by atoms with Crippen LogP contribution in [0.5, 0.6) is 11.5 Å². The Morgan fingerprint density at radius 2 is 1.93 bits per heavy atom. The summed E-state index contributed by atoms with van der Waals surface area (Å²) in [6.45, 7) is 4.98. The lowest BCUT2D eigenvalue weighted by molar-refractivity contribution is -0.111. The van der Waals surface area contributed by atoms with E-state index >= 15 is 0 Å². The van der Waals surface area contributed by atoms with Crippen molar-refractivity contribution >= 4 is 28.5 Å². The molecule has 0 fully saturated rings. The smallest absolute Gasteiger partial charge is 0.250 e. The summed E-state index contributed by atoms with van der Waals surface area (Å²) in [7, 11) is 1.63. The molecule has 3 aromatic rings. The molecule has 1 heterocycles. The number of aromatic nitrogens is 1. The second-order valence-corrected chi connectivity index (χ2v) is 8.02. The van der Waals surface area contributed by atoms with Gasteiger partial charge < -0.3 is 9.47 Å². The lowest BCUT2D eigenvalue weighted by Gasteiger charge is -2.10. The van der Waals surface area contributed by atoms with Crippen molar-refractivity contribution in [1.82, 2.24) is 4.98 Å². The maximum atomic E-state index is 12.3. The van der Waals surface area contributed by atoms with Crippen LogP contribution in [0.4, 0.5) is 5.13 Å². The first-order valence-corrected chi connectivity index (χ1v) is 10.7. The van der Waals surface area contributed by atoms with Crippen molar-refractivity contribution < 1.29 is 14.3 Å². The highest BCUT2D eigenvalue weighted by atomic mass is 32.1. The fourth-order valence-electron chi connectivity index (χ4n) is 2.69. The summed E-state index contributed by atoms with van der Waals surface area (Å²) in [5, 5.41) is 5.29. The highest BCUT2D eigenvalue weighted by molar-refractivity contribution is 7.14. The van der Waals surface area contributed by atoms with E-state index in [1.807, 2.05) is 53.9 Å². The first kappa shape index (κ1) is 21.6. The predicted molar refractivity (Wildman–Crippen MR) is 123 cm³/mol. The standard InChI is InChI=1S/C24H26N2O3S/c1-17(2)14-15-29-22-7-5-4-6-19(22)10-13-23(27)26-24-25-21(16-30-24)18-8-11-20(28-3)12-9-18/h4-13,16-17H,14-15H2,1-3H3,(H,25,26,27). The van der Waals surface area contributed by atoms with Crippen LogP contribution in [0.15, 0.2) is 60.0 Å². The molecule has 0 spiro atoms. The molecule has 0 aliphatic heterocycles. The Bertz CT molecular complexity index is 994. The zero-order valence-corrected chi connectivity index (χ0v) is 18.2. The van der Waals surface area contributed by atoms with E-state index in [1.54, 1.807) is 13.2 Å².